The minimum absolute atomic E-state index is 0.0225. The Morgan fingerprint density at radius 1 is 0.967 bits per heavy atom. The first-order valence-electron chi connectivity index (χ1n) is 10.4. The fraction of sp³-hybridized carbons (Fsp3) is 0.269. The number of benzene rings is 3. The number of anilines is 1. The Balaban J connectivity index is 1.49. The first kappa shape index (κ1) is 20.2. The molecule has 0 aromatic heterocycles. The predicted molar refractivity (Wildman–Crippen MR) is 119 cm³/mol. The summed E-state index contributed by atoms with van der Waals surface area (Å²) >= 11 is 0. The van der Waals surface area contributed by atoms with Gasteiger partial charge >= 0.3 is 0 Å². The molecule has 4 nitrogen and oxygen atoms in total. The monoisotopic (exact) mass is 401 g/mol. The molecule has 1 aliphatic rings. The Bertz CT molecular complexity index is 980. The maximum atomic E-state index is 13.4. The average Bonchev–Trinajstić information content (AvgIpc) is 2.80. The van der Waals surface area contributed by atoms with Gasteiger partial charge in [0.2, 0.25) is 5.91 Å². The second-order valence-electron chi connectivity index (χ2n) is 7.77. The normalized spacial score (nSPS) is 15.4. The predicted octanol–water partition coefficient (Wildman–Crippen LogP) is 5.26. The molecule has 1 fully saturated rings. The fourth-order valence-corrected chi connectivity index (χ4v) is 4.00. The van der Waals surface area contributed by atoms with E-state index in [1.165, 1.54) is 0 Å². The molecule has 30 heavy (non-hydrogen) atoms. The van der Waals surface area contributed by atoms with Gasteiger partial charge in [-0.3, -0.25) is 4.79 Å². The number of amides is 1. The van der Waals surface area contributed by atoms with Gasteiger partial charge in [0, 0.05) is 18.9 Å². The topological polar surface area (TPSA) is 47.6 Å². The molecule has 1 N–H and O–H groups in total. The summed E-state index contributed by atoms with van der Waals surface area (Å²) in [5.41, 5.74) is 3.38. The largest absolute Gasteiger partial charge is 0.489 e. The Hall–Kier alpha value is -3.11. The summed E-state index contributed by atoms with van der Waals surface area (Å²) in [7, 11) is 0. The van der Waals surface area contributed by atoms with Crippen LogP contribution in [-0.2, 0) is 21.6 Å². The third-order valence-corrected chi connectivity index (χ3v) is 5.78. The Labute approximate surface area is 177 Å². The van der Waals surface area contributed by atoms with Gasteiger partial charge < -0.3 is 14.8 Å². The van der Waals surface area contributed by atoms with E-state index in [9.17, 15) is 4.79 Å². The highest BCUT2D eigenvalue weighted by Crippen LogP contribution is 2.36. The van der Waals surface area contributed by atoms with Crippen molar-refractivity contribution in [1.29, 1.82) is 0 Å². The molecule has 154 valence electrons. The van der Waals surface area contributed by atoms with E-state index < -0.39 is 5.41 Å². The van der Waals surface area contributed by atoms with E-state index in [0.29, 0.717) is 32.7 Å². The van der Waals surface area contributed by atoms with Crippen LogP contribution in [0.1, 0.15) is 29.5 Å². The fourth-order valence-electron chi connectivity index (χ4n) is 4.00. The van der Waals surface area contributed by atoms with Crippen LogP contribution in [-0.4, -0.2) is 19.1 Å². The van der Waals surface area contributed by atoms with Gasteiger partial charge in [-0.25, -0.2) is 0 Å². The van der Waals surface area contributed by atoms with E-state index in [2.05, 4.69) is 5.32 Å². The standard InChI is InChI=1S/C26H27NO3/c1-20-18-23(12-13-24(20)30-19-21-8-4-2-5-9-21)27-25(28)26(14-16-29-17-15-26)22-10-6-3-7-11-22/h2-13,18H,14-17,19H2,1H3,(H,27,28). The van der Waals surface area contributed by atoms with Crippen molar-refractivity contribution in [3.05, 3.63) is 95.6 Å². The van der Waals surface area contributed by atoms with Gasteiger partial charge in [0.05, 0.1) is 5.41 Å². The van der Waals surface area contributed by atoms with Crippen molar-refractivity contribution in [2.24, 2.45) is 0 Å². The van der Waals surface area contributed by atoms with Crippen molar-refractivity contribution in [2.45, 2.75) is 31.8 Å². The first-order valence-corrected chi connectivity index (χ1v) is 10.4. The lowest BCUT2D eigenvalue weighted by atomic mass is 9.73. The number of ether oxygens (including phenoxy) is 2. The number of rotatable bonds is 6. The van der Waals surface area contributed by atoms with E-state index in [1.54, 1.807) is 0 Å². The molecular weight excluding hydrogens is 374 g/mol. The lowest BCUT2D eigenvalue weighted by Gasteiger charge is -2.36. The summed E-state index contributed by atoms with van der Waals surface area (Å²) in [6.45, 7) is 3.70. The zero-order valence-corrected chi connectivity index (χ0v) is 17.3. The zero-order chi connectivity index (χ0) is 20.8. The summed E-state index contributed by atoms with van der Waals surface area (Å²) in [5, 5.41) is 3.14. The summed E-state index contributed by atoms with van der Waals surface area (Å²) < 4.78 is 11.5. The summed E-state index contributed by atoms with van der Waals surface area (Å²) in [5.74, 6) is 0.843. The SMILES string of the molecule is Cc1cc(NC(=O)C2(c3ccccc3)CCOCC2)ccc1OCc1ccccc1. The second kappa shape index (κ2) is 9.14. The van der Waals surface area contributed by atoms with Gasteiger partial charge in [-0.2, -0.15) is 0 Å². The quantitative estimate of drug-likeness (QED) is 0.613. The highest BCUT2D eigenvalue weighted by atomic mass is 16.5. The van der Waals surface area contributed by atoms with Crippen LogP contribution in [0.25, 0.3) is 0 Å². The Kier molecular flexibility index (Phi) is 6.15. The number of hydrogen-bond donors (Lipinski definition) is 1. The third-order valence-electron chi connectivity index (χ3n) is 5.78. The van der Waals surface area contributed by atoms with Gasteiger partial charge in [0.25, 0.3) is 0 Å². The lowest BCUT2D eigenvalue weighted by Crippen LogP contribution is -2.44. The molecule has 1 aliphatic heterocycles. The van der Waals surface area contributed by atoms with Gasteiger partial charge in [-0.15, -0.1) is 0 Å². The van der Waals surface area contributed by atoms with Crippen LogP contribution in [0.3, 0.4) is 0 Å². The molecule has 1 amide bonds. The molecule has 3 aromatic rings. The van der Waals surface area contributed by atoms with E-state index >= 15 is 0 Å². The molecule has 0 radical (unpaired) electrons. The molecule has 0 aliphatic carbocycles. The van der Waals surface area contributed by atoms with E-state index in [-0.39, 0.29) is 5.91 Å². The van der Waals surface area contributed by atoms with Crippen LogP contribution in [0.4, 0.5) is 5.69 Å². The minimum Gasteiger partial charge on any atom is -0.489 e. The number of nitrogens with one attached hydrogen (secondary N) is 1. The highest BCUT2D eigenvalue weighted by Gasteiger charge is 2.41. The van der Waals surface area contributed by atoms with Crippen LogP contribution in [0.2, 0.25) is 0 Å². The van der Waals surface area contributed by atoms with Crippen molar-refractivity contribution in [1.82, 2.24) is 0 Å². The van der Waals surface area contributed by atoms with Gasteiger partial charge in [-0.05, 0) is 54.7 Å². The Morgan fingerprint density at radius 2 is 1.63 bits per heavy atom. The number of carbonyl (C=O) groups excluding carboxylic acids is 1. The Morgan fingerprint density at radius 3 is 2.30 bits per heavy atom. The molecule has 0 spiro atoms. The summed E-state index contributed by atoms with van der Waals surface area (Å²) in [6.07, 6.45) is 1.36. The van der Waals surface area contributed by atoms with Crippen LogP contribution in [0.15, 0.2) is 78.9 Å². The van der Waals surface area contributed by atoms with Crippen molar-refractivity contribution >= 4 is 11.6 Å². The maximum absolute atomic E-state index is 13.4. The lowest BCUT2D eigenvalue weighted by molar-refractivity contribution is -0.125. The molecule has 3 aromatic carbocycles. The van der Waals surface area contributed by atoms with Crippen LogP contribution >= 0.6 is 0 Å². The van der Waals surface area contributed by atoms with Crippen molar-refractivity contribution < 1.29 is 14.3 Å². The highest BCUT2D eigenvalue weighted by molar-refractivity contribution is 5.99. The number of carbonyl (C=O) groups is 1. The van der Waals surface area contributed by atoms with E-state index in [0.717, 1.165) is 28.1 Å². The van der Waals surface area contributed by atoms with Gasteiger partial charge in [-0.1, -0.05) is 60.7 Å². The molecule has 4 rings (SSSR count). The van der Waals surface area contributed by atoms with Gasteiger partial charge in [0.15, 0.2) is 0 Å². The van der Waals surface area contributed by atoms with Crippen molar-refractivity contribution in [2.75, 3.05) is 18.5 Å². The second-order valence-corrected chi connectivity index (χ2v) is 7.77. The molecule has 1 heterocycles. The third kappa shape index (κ3) is 4.39. The molecule has 0 bridgehead atoms. The van der Waals surface area contributed by atoms with E-state index in [4.69, 9.17) is 9.47 Å². The minimum atomic E-state index is -0.560. The zero-order valence-electron chi connectivity index (χ0n) is 17.3. The molecular formula is C26H27NO3. The van der Waals surface area contributed by atoms with Crippen LogP contribution in [0, 0.1) is 6.92 Å². The smallest absolute Gasteiger partial charge is 0.235 e. The number of aryl methyl sites for hydroxylation is 1. The number of hydrogen-bond acceptors (Lipinski definition) is 3. The van der Waals surface area contributed by atoms with Crippen LogP contribution < -0.4 is 10.1 Å². The van der Waals surface area contributed by atoms with Crippen molar-refractivity contribution in [3.63, 3.8) is 0 Å². The maximum Gasteiger partial charge on any atom is 0.235 e. The van der Waals surface area contributed by atoms with Gasteiger partial charge in [0.1, 0.15) is 12.4 Å². The molecule has 4 heteroatoms. The first-order chi connectivity index (χ1) is 14.7. The molecule has 0 saturated carbocycles. The van der Waals surface area contributed by atoms with Crippen LogP contribution in [0.5, 0.6) is 5.75 Å². The summed E-state index contributed by atoms with van der Waals surface area (Å²) in [6, 6.07) is 25.9. The average molecular weight is 402 g/mol. The molecule has 0 atom stereocenters. The molecule has 0 unspecified atom stereocenters. The van der Waals surface area contributed by atoms with E-state index in [1.807, 2.05) is 85.8 Å². The van der Waals surface area contributed by atoms with Crippen molar-refractivity contribution in [3.8, 4) is 5.75 Å². The molecule has 1 saturated heterocycles. The summed E-state index contributed by atoms with van der Waals surface area (Å²) in [4.78, 5) is 13.4.